The number of hydrogen-bond acceptors (Lipinski definition) is 5. The van der Waals surface area contributed by atoms with E-state index in [1.54, 1.807) is 6.07 Å². The summed E-state index contributed by atoms with van der Waals surface area (Å²) in [5, 5.41) is 18.0. The predicted molar refractivity (Wildman–Crippen MR) is 68.2 cm³/mol. The number of Topliss-reactive ketones (excluding diaryl/α,β-unsaturated/α-hetero) is 1. The van der Waals surface area contributed by atoms with Gasteiger partial charge < -0.3 is 4.42 Å². The fraction of sp³-hybridized carbons (Fsp3) is 0.214. The maximum Gasteiger partial charge on any atom is 0.180 e. The second-order valence-corrected chi connectivity index (χ2v) is 4.03. The molecule has 2 rings (SSSR count). The van der Waals surface area contributed by atoms with Crippen LogP contribution >= 0.6 is 0 Å². The van der Waals surface area contributed by atoms with E-state index in [4.69, 9.17) is 14.9 Å². The summed E-state index contributed by atoms with van der Waals surface area (Å²) in [5.41, 5.74) is 1.13. The minimum absolute atomic E-state index is 0.0324. The van der Waals surface area contributed by atoms with Crippen LogP contribution in [0.15, 0.2) is 34.9 Å². The van der Waals surface area contributed by atoms with Crippen LogP contribution in [-0.4, -0.2) is 30.3 Å². The van der Waals surface area contributed by atoms with Crippen molar-refractivity contribution in [3.63, 3.8) is 0 Å². The van der Waals surface area contributed by atoms with Crippen LogP contribution in [0.25, 0.3) is 11.0 Å². The molecule has 0 N–H and O–H groups in total. The number of furan rings is 1. The van der Waals surface area contributed by atoms with Crippen molar-refractivity contribution in [2.24, 2.45) is 0 Å². The lowest BCUT2D eigenvalue weighted by Crippen LogP contribution is -2.30. The third kappa shape index (κ3) is 2.79. The van der Waals surface area contributed by atoms with E-state index in [0.29, 0.717) is 11.1 Å². The average molecular weight is 253 g/mol. The van der Waals surface area contributed by atoms with Crippen molar-refractivity contribution < 1.29 is 9.21 Å². The first-order chi connectivity index (χ1) is 9.26. The SMILES string of the molecule is N#CCN(CC#N)CC(=O)c1coc2ccccc12. The number of carbonyl (C=O) groups excluding carboxylic acids is 1. The fourth-order valence-corrected chi connectivity index (χ4v) is 1.85. The van der Waals surface area contributed by atoms with Gasteiger partial charge in [0.25, 0.3) is 0 Å². The smallest absolute Gasteiger partial charge is 0.180 e. The lowest BCUT2D eigenvalue weighted by Gasteiger charge is -2.13. The van der Waals surface area contributed by atoms with Crippen LogP contribution in [0.4, 0.5) is 0 Å². The van der Waals surface area contributed by atoms with Gasteiger partial charge in [-0.05, 0) is 6.07 Å². The topological polar surface area (TPSA) is 81.0 Å². The maximum atomic E-state index is 12.2. The Bertz CT molecular complexity index is 660. The fourth-order valence-electron chi connectivity index (χ4n) is 1.85. The van der Waals surface area contributed by atoms with Crippen molar-refractivity contribution in [1.29, 1.82) is 10.5 Å². The molecule has 0 aliphatic carbocycles. The molecule has 2 aromatic rings. The second kappa shape index (κ2) is 5.81. The molecule has 1 aromatic heterocycles. The van der Waals surface area contributed by atoms with E-state index in [-0.39, 0.29) is 25.4 Å². The van der Waals surface area contributed by atoms with Gasteiger partial charge in [-0.15, -0.1) is 0 Å². The van der Waals surface area contributed by atoms with E-state index < -0.39 is 0 Å². The molecule has 0 spiro atoms. The van der Waals surface area contributed by atoms with Crippen molar-refractivity contribution in [1.82, 2.24) is 4.90 Å². The zero-order valence-electron chi connectivity index (χ0n) is 10.2. The summed E-state index contributed by atoms with van der Waals surface area (Å²) in [4.78, 5) is 13.6. The molecule has 0 aliphatic rings. The van der Waals surface area contributed by atoms with Crippen LogP contribution < -0.4 is 0 Å². The van der Waals surface area contributed by atoms with Crippen LogP contribution in [0.5, 0.6) is 0 Å². The van der Waals surface area contributed by atoms with Gasteiger partial charge in [0.2, 0.25) is 0 Å². The average Bonchev–Trinajstić information content (AvgIpc) is 2.83. The van der Waals surface area contributed by atoms with Crippen LogP contribution in [0.3, 0.4) is 0 Å². The van der Waals surface area contributed by atoms with Gasteiger partial charge in [0.15, 0.2) is 5.78 Å². The summed E-state index contributed by atoms with van der Waals surface area (Å²) in [6.07, 6.45) is 1.42. The third-order valence-corrected chi connectivity index (χ3v) is 2.74. The molecule has 0 amide bonds. The minimum atomic E-state index is -0.157. The highest BCUT2D eigenvalue weighted by atomic mass is 16.3. The number of ketones is 1. The molecule has 0 fully saturated rings. The highest BCUT2D eigenvalue weighted by Gasteiger charge is 2.16. The molecule has 19 heavy (non-hydrogen) atoms. The predicted octanol–water partition coefficient (Wildman–Crippen LogP) is 1.96. The highest BCUT2D eigenvalue weighted by molar-refractivity contribution is 6.08. The number of carbonyl (C=O) groups is 1. The Morgan fingerprint density at radius 3 is 2.58 bits per heavy atom. The molecule has 0 aliphatic heterocycles. The molecule has 0 atom stereocenters. The van der Waals surface area contributed by atoms with E-state index in [1.165, 1.54) is 11.2 Å². The van der Waals surface area contributed by atoms with Crippen LogP contribution in [0.2, 0.25) is 0 Å². The van der Waals surface area contributed by atoms with Gasteiger partial charge in [-0.2, -0.15) is 10.5 Å². The Morgan fingerprint density at radius 2 is 1.89 bits per heavy atom. The zero-order chi connectivity index (χ0) is 13.7. The number of rotatable bonds is 5. The molecule has 0 unspecified atom stereocenters. The summed E-state index contributed by atoms with van der Waals surface area (Å²) < 4.78 is 5.30. The molecule has 0 saturated carbocycles. The first-order valence-corrected chi connectivity index (χ1v) is 5.72. The van der Waals surface area contributed by atoms with Crippen molar-refractivity contribution in [2.75, 3.05) is 19.6 Å². The van der Waals surface area contributed by atoms with Crippen molar-refractivity contribution in [3.8, 4) is 12.1 Å². The lowest BCUT2D eigenvalue weighted by atomic mass is 10.1. The van der Waals surface area contributed by atoms with Crippen molar-refractivity contribution >= 4 is 16.8 Å². The van der Waals surface area contributed by atoms with E-state index in [1.807, 2.05) is 30.3 Å². The summed E-state index contributed by atoms with van der Waals surface area (Å²) in [6, 6.07) is 11.1. The molecule has 5 heteroatoms. The Hall–Kier alpha value is -2.63. The van der Waals surface area contributed by atoms with Crippen molar-refractivity contribution in [2.45, 2.75) is 0 Å². The number of fused-ring (bicyclic) bond motifs is 1. The second-order valence-electron chi connectivity index (χ2n) is 4.03. The maximum absolute atomic E-state index is 12.2. The largest absolute Gasteiger partial charge is 0.464 e. The normalized spacial score (nSPS) is 10.3. The highest BCUT2D eigenvalue weighted by Crippen LogP contribution is 2.21. The molecule has 0 saturated heterocycles. The van der Waals surface area contributed by atoms with Gasteiger partial charge in [0.1, 0.15) is 11.8 Å². The molecule has 94 valence electrons. The zero-order valence-corrected chi connectivity index (χ0v) is 10.2. The molecule has 0 bridgehead atoms. The van der Waals surface area contributed by atoms with Gasteiger partial charge >= 0.3 is 0 Å². The van der Waals surface area contributed by atoms with Gasteiger partial charge in [-0.3, -0.25) is 9.69 Å². The van der Waals surface area contributed by atoms with Crippen LogP contribution in [0.1, 0.15) is 10.4 Å². The molecular weight excluding hydrogens is 242 g/mol. The number of nitriles is 2. The Labute approximate surface area is 110 Å². The van der Waals surface area contributed by atoms with Gasteiger partial charge in [0, 0.05) is 5.39 Å². The Morgan fingerprint density at radius 1 is 1.21 bits per heavy atom. The standard InChI is InChI=1S/C14H11N3O2/c15-5-7-17(8-6-16)9-13(18)12-10-19-14-4-2-1-3-11(12)14/h1-4,10H,7-9H2. The van der Waals surface area contributed by atoms with E-state index in [9.17, 15) is 4.79 Å². The Kier molecular flexibility index (Phi) is 3.92. The first-order valence-electron chi connectivity index (χ1n) is 5.72. The number of hydrogen-bond donors (Lipinski definition) is 0. The monoisotopic (exact) mass is 253 g/mol. The van der Waals surface area contributed by atoms with Gasteiger partial charge in [-0.25, -0.2) is 0 Å². The molecular formula is C14H11N3O2. The van der Waals surface area contributed by atoms with Crippen LogP contribution in [0, 0.1) is 22.7 Å². The minimum Gasteiger partial charge on any atom is -0.464 e. The van der Waals surface area contributed by atoms with E-state index in [2.05, 4.69) is 0 Å². The van der Waals surface area contributed by atoms with Gasteiger partial charge in [-0.1, -0.05) is 18.2 Å². The van der Waals surface area contributed by atoms with E-state index in [0.717, 1.165) is 5.39 Å². The number of benzene rings is 1. The molecule has 5 nitrogen and oxygen atoms in total. The first kappa shape index (κ1) is 12.8. The quantitative estimate of drug-likeness (QED) is 0.601. The molecule has 0 radical (unpaired) electrons. The third-order valence-electron chi connectivity index (χ3n) is 2.74. The summed E-state index contributed by atoms with van der Waals surface area (Å²) in [5.74, 6) is -0.157. The molecule has 1 heterocycles. The molecule has 1 aromatic carbocycles. The van der Waals surface area contributed by atoms with E-state index >= 15 is 0 Å². The summed E-state index contributed by atoms with van der Waals surface area (Å²) in [7, 11) is 0. The lowest BCUT2D eigenvalue weighted by molar-refractivity contribution is 0.0947. The number of nitrogens with zero attached hydrogens (tertiary/aromatic N) is 3. The van der Waals surface area contributed by atoms with Crippen molar-refractivity contribution in [3.05, 3.63) is 36.1 Å². The van der Waals surface area contributed by atoms with Gasteiger partial charge in [0.05, 0.1) is 37.3 Å². The summed E-state index contributed by atoms with van der Waals surface area (Å²) >= 11 is 0. The Balaban J connectivity index is 2.20. The summed E-state index contributed by atoms with van der Waals surface area (Å²) in [6.45, 7) is 0.134. The number of para-hydroxylation sites is 1. The van der Waals surface area contributed by atoms with Crippen LogP contribution in [-0.2, 0) is 0 Å².